The minimum atomic E-state index is -3.09. The van der Waals surface area contributed by atoms with Crippen molar-refractivity contribution in [1.82, 2.24) is 0 Å². The lowest BCUT2D eigenvalue weighted by atomic mass is 10.1. The zero-order valence-corrected chi connectivity index (χ0v) is 11.2. The fraction of sp³-hybridized carbons (Fsp3) is 0.400. The average molecular weight is 310 g/mol. The van der Waals surface area contributed by atoms with Crippen LogP contribution < -0.4 is 5.73 Å². The second-order valence-electron chi connectivity index (χ2n) is 3.83. The van der Waals surface area contributed by atoms with E-state index in [4.69, 9.17) is 5.73 Å². The topological polar surface area (TPSA) is 60.2 Å². The maximum absolute atomic E-state index is 13.0. The lowest BCUT2D eigenvalue weighted by molar-refractivity contribution is 0.590. The van der Waals surface area contributed by atoms with Gasteiger partial charge >= 0.3 is 0 Å². The second kappa shape index (κ2) is 5.25. The van der Waals surface area contributed by atoms with Gasteiger partial charge < -0.3 is 5.73 Å². The fourth-order valence-corrected chi connectivity index (χ4v) is 2.89. The highest BCUT2D eigenvalue weighted by Gasteiger charge is 2.12. The van der Waals surface area contributed by atoms with Gasteiger partial charge in [0.1, 0.15) is 15.7 Å². The Hall–Kier alpha value is -0.460. The third-order valence-corrected chi connectivity index (χ3v) is 3.43. The summed E-state index contributed by atoms with van der Waals surface area (Å²) in [6.07, 6.45) is 1.47. The van der Waals surface area contributed by atoms with Crippen LogP contribution in [0.3, 0.4) is 0 Å². The van der Waals surface area contributed by atoms with Gasteiger partial charge in [0, 0.05) is 16.8 Å². The molecule has 1 aromatic rings. The number of rotatable bonds is 4. The Morgan fingerprint density at radius 2 is 2.06 bits per heavy atom. The number of hydrogen-bond acceptors (Lipinski definition) is 3. The minimum absolute atomic E-state index is 0.0961. The minimum Gasteiger partial charge on any atom is -0.326 e. The van der Waals surface area contributed by atoms with Crippen LogP contribution in [0.15, 0.2) is 22.7 Å². The standard InChI is InChI=1S/C10H13BrFNO2S/c1-16(14,15)6-10(13)4-7-2-8(11)5-9(12)3-7/h2-3,5,10H,4,6,13H2,1H3. The van der Waals surface area contributed by atoms with Crippen LogP contribution in [0.1, 0.15) is 5.56 Å². The molecule has 1 aromatic carbocycles. The molecule has 0 aliphatic rings. The predicted molar refractivity (Wildman–Crippen MR) is 65.5 cm³/mol. The third-order valence-electron chi connectivity index (χ3n) is 1.94. The van der Waals surface area contributed by atoms with Crippen LogP contribution in [-0.4, -0.2) is 26.5 Å². The predicted octanol–water partition coefficient (Wildman–Crippen LogP) is 1.50. The molecule has 0 radical (unpaired) electrons. The number of sulfone groups is 1. The molecule has 1 atom stereocenters. The van der Waals surface area contributed by atoms with Crippen molar-refractivity contribution in [3.05, 3.63) is 34.1 Å². The smallest absolute Gasteiger partial charge is 0.148 e. The molecule has 2 N–H and O–H groups in total. The summed E-state index contributed by atoms with van der Waals surface area (Å²) in [6, 6.07) is 3.91. The van der Waals surface area contributed by atoms with Crippen molar-refractivity contribution in [1.29, 1.82) is 0 Å². The van der Waals surface area contributed by atoms with E-state index in [0.717, 1.165) is 6.26 Å². The van der Waals surface area contributed by atoms with Crippen molar-refractivity contribution in [2.24, 2.45) is 5.73 Å². The Bertz CT molecular complexity index is 455. The average Bonchev–Trinajstić information content (AvgIpc) is 1.96. The maximum atomic E-state index is 13.0. The van der Waals surface area contributed by atoms with E-state index < -0.39 is 15.9 Å². The Morgan fingerprint density at radius 1 is 1.44 bits per heavy atom. The van der Waals surface area contributed by atoms with Crippen molar-refractivity contribution >= 4 is 25.8 Å². The lowest BCUT2D eigenvalue weighted by Crippen LogP contribution is -2.31. The summed E-state index contributed by atoms with van der Waals surface area (Å²) in [4.78, 5) is 0. The first-order valence-corrected chi connectivity index (χ1v) is 7.50. The maximum Gasteiger partial charge on any atom is 0.148 e. The van der Waals surface area contributed by atoms with Crippen molar-refractivity contribution in [2.75, 3.05) is 12.0 Å². The number of halogens is 2. The van der Waals surface area contributed by atoms with E-state index in [-0.39, 0.29) is 11.6 Å². The quantitative estimate of drug-likeness (QED) is 0.917. The number of hydrogen-bond donors (Lipinski definition) is 1. The van der Waals surface area contributed by atoms with Gasteiger partial charge in [-0.1, -0.05) is 15.9 Å². The Balaban J connectivity index is 2.73. The summed E-state index contributed by atoms with van der Waals surface area (Å²) < 4.78 is 35.7. The Morgan fingerprint density at radius 3 is 2.56 bits per heavy atom. The van der Waals surface area contributed by atoms with Crippen LogP contribution in [-0.2, 0) is 16.3 Å². The molecule has 0 spiro atoms. The van der Waals surface area contributed by atoms with Gasteiger partial charge in [0.25, 0.3) is 0 Å². The fourth-order valence-electron chi connectivity index (χ4n) is 1.48. The van der Waals surface area contributed by atoms with Crippen LogP contribution in [0.25, 0.3) is 0 Å². The molecule has 0 fully saturated rings. The van der Waals surface area contributed by atoms with Gasteiger partial charge in [-0.25, -0.2) is 12.8 Å². The molecule has 6 heteroatoms. The molecular weight excluding hydrogens is 297 g/mol. The van der Waals surface area contributed by atoms with Crippen molar-refractivity contribution in [3.63, 3.8) is 0 Å². The van der Waals surface area contributed by atoms with E-state index in [1.807, 2.05) is 0 Å². The summed E-state index contributed by atoms with van der Waals surface area (Å²) in [7, 11) is -3.09. The molecular formula is C10H13BrFNO2S. The second-order valence-corrected chi connectivity index (χ2v) is 6.93. The van der Waals surface area contributed by atoms with Crippen molar-refractivity contribution < 1.29 is 12.8 Å². The van der Waals surface area contributed by atoms with Crippen molar-refractivity contribution in [2.45, 2.75) is 12.5 Å². The molecule has 0 aromatic heterocycles. The number of benzene rings is 1. The highest BCUT2D eigenvalue weighted by molar-refractivity contribution is 9.10. The van der Waals surface area contributed by atoms with E-state index in [0.29, 0.717) is 16.5 Å². The molecule has 0 aliphatic carbocycles. The lowest BCUT2D eigenvalue weighted by Gasteiger charge is -2.10. The summed E-state index contributed by atoms with van der Waals surface area (Å²) in [5.74, 6) is -0.461. The Labute approximate surface area is 103 Å². The molecule has 1 rings (SSSR count). The summed E-state index contributed by atoms with van der Waals surface area (Å²) in [5.41, 5.74) is 6.36. The monoisotopic (exact) mass is 309 g/mol. The van der Waals surface area contributed by atoms with E-state index in [1.54, 1.807) is 6.07 Å². The van der Waals surface area contributed by atoms with E-state index >= 15 is 0 Å². The third kappa shape index (κ3) is 5.05. The van der Waals surface area contributed by atoms with Gasteiger partial charge in [-0.2, -0.15) is 0 Å². The Kier molecular flexibility index (Phi) is 4.46. The van der Waals surface area contributed by atoms with Gasteiger partial charge in [0.05, 0.1) is 5.75 Å². The van der Waals surface area contributed by atoms with Crippen LogP contribution >= 0.6 is 15.9 Å². The first-order valence-electron chi connectivity index (χ1n) is 4.64. The summed E-state index contributed by atoms with van der Waals surface area (Å²) in [6.45, 7) is 0. The highest BCUT2D eigenvalue weighted by Crippen LogP contribution is 2.16. The zero-order valence-electron chi connectivity index (χ0n) is 8.78. The SMILES string of the molecule is CS(=O)(=O)CC(N)Cc1cc(F)cc(Br)c1. The molecule has 0 saturated carbocycles. The molecule has 0 saturated heterocycles. The molecule has 1 unspecified atom stereocenters. The van der Waals surface area contributed by atoms with Gasteiger partial charge in [-0.3, -0.25) is 0 Å². The van der Waals surface area contributed by atoms with Gasteiger partial charge in [0.2, 0.25) is 0 Å². The largest absolute Gasteiger partial charge is 0.326 e. The molecule has 0 amide bonds. The molecule has 90 valence electrons. The van der Waals surface area contributed by atoms with Gasteiger partial charge in [-0.05, 0) is 30.2 Å². The first kappa shape index (κ1) is 13.6. The summed E-state index contributed by atoms with van der Waals surface area (Å²) >= 11 is 3.17. The van der Waals surface area contributed by atoms with Gasteiger partial charge in [0.15, 0.2) is 0 Å². The highest BCUT2D eigenvalue weighted by atomic mass is 79.9. The van der Waals surface area contributed by atoms with Crippen molar-refractivity contribution in [3.8, 4) is 0 Å². The number of nitrogens with two attached hydrogens (primary N) is 1. The van der Waals surface area contributed by atoms with E-state index in [1.165, 1.54) is 12.1 Å². The molecule has 0 bridgehead atoms. The first-order chi connectivity index (χ1) is 7.26. The summed E-state index contributed by atoms with van der Waals surface area (Å²) in [5, 5.41) is 0. The van der Waals surface area contributed by atoms with Crippen LogP contribution in [0.4, 0.5) is 4.39 Å². The molecule has 16 heavy (non-hydrogen) atoms. The van der Waals surface area contributed by atoms with Crippen LogP contribution in [0, 0.1) is 5.82 Å². The zero-order chi connectivity index (χ0) is 12.3. The molecule has 3 nitrogen and oxygen atoms in total. The molecule has 0 heterocycles. The normalized spacial score (nSPS) is 13.8. The molecule has 0 aliphatic heterocycles. The van der Waals surface area contributed by atoms with E-state index in [2.05, 4.69) is 15.9 Å². The van der Waals surface area contributed by atoms with E-state index in [9.17, 15) is 12.8 Å². The van der Waals surface area contributed by atoms with Gasteiger partial charge in [-0.15, -0.1) is 0 Å². The van der Waals surface area contributed by atoms with Crippen LogP contribution in [0.5, 0.6) is 0 Å². The van der Waals surface area contributed by atoms with Crippen LogP contribution in [0.2, 0.25) is 0 Å².